The van der Waals surface area contributed by atoms with E-state index in [1.165, 1.54) is 20.9 Å². The van der Waals surface area contributed by atoms with Gasteiger partial charge in [-0.05, 0) is 41.8 Å². The fourth-order valence-electron chi connectivity index (χ4n) is 1.61. The Morgan fingerprint density at radius 2 is 1.71 bits per heavy atom. The van der Waals surface area contributed by atoms with Crippen molar-refractivity contribution in [3.05, 3.63) is 59.7 Å². The molecule has 2 aromatic carbocycles. The van der Waals surface area contributed by atoms with Crippen LogP contribution in [0.3, 0.4) is 0 Å². The van der Waals surface area contributed by atoms with Gasteiger partial charge in [-0.15, -0.1) is 11.6 Å². The van der Waals surface area contributed by atoms with E-state index in [1.54, 1.807) is 11.8 Å². The molecule has 2 heteroatoms. The molecule has 2 aromatic rings. The van der Waals surface area contributed by atoms with Gasteiger partial charge in [0.1, 0.15) is 0 Å². The van der Waals surface area contributed by atoms with Crippen LogP contribution in [0.15, 0.2) is 58.3 Å². The Hall–Kier alpha value is -0.920. The van der Waals surface area contributed by atoms with Crippen LogP contribution in [0.4, 0.5) is 0 Å². The van der Waals surface area contributed by atoms with Crippen LogP contribution in [0.25, 0.3) is 0 Å². The molecule has 0 N–H and O–H groups in total. The number of aryl methyl sites for hydroxylation is 1. The van der Waals surface area contributed by atoms with Crippen LogP contribution in [0.1, 0.15) is 18.1 Å². The Morgan fingerprint density at radius 1 is 0.941 bits per heavy atom. The molecule has 17 heavy (non-hydrogen) atoms. The topological polar surface area (TPSA) is 0 Å². The molecule has 0 aliphatic rings. The maximum absolute atomic E-state index is 5.77. The van der Waals surface area contributed by atoms with Crippen molar-refractivity contribution >= 4 is 23.4 Å². The summed E-state index contributed by atoms with van der Waals surface area (Å²) in [6.45, 7) is 2.18. The Kier molecular flexibility index (Phi) is 4.52. The first kappa shape index (κ1) is 12.5. The second kappa shape index (κ2) is 6.13. The van der Waals surface area contributed by atoms with Gasteiger partial charge in [0.25, 0.3) is 0 Å². The summed E-state index contributed by atoms with van der Waals surface area (Å²) in [5.74, 6) is 0.580. The molecule has 2 rings (SSSR count). The molecule has 0 amide bonds. The zero-order valence-electron chi connectivity index (χ0n) is 9.82. The molecule has 0 unspecified atom stereocenters. The first-order chi connectivity index (χ1) is 8.31. The van der Waals surface area contributed by atoms with E-state index >= 15 is 0 Å². The van der Waals surface area contributed by atoms with E-state index in [1.807, 2.05) is 0 Å². The Labute approximate surface area is 112 Å². The van der Waals surface area contributed by atoms with Gasteiger partial charge in [0.05, 0.1) is 0 Å². The monoisotopic (exact) mass is 262 g/mol. The third kappa shape index (κ3) is 3.52. The summed E-state index contributed by atoms with van der Waals surface area (Å²) in [6, 6.07) is 17.1. The van der Waals surface area contributed by atoms with Crippen molar-refractivity contribution in [2.45, 2.75) is 29.0 Å². The van der Waals surface area contributed by atoms with Crippen LogP contribution < -0.4 is 0 Å². The maximum Gasteiger partial charge on any atom is 0.0474 e. The quantitative estimate of drug-likeness (QED) is 0.688. The third-order valence-electron chi connectivity index (χ3n) is 2.62. The third-order valence-corrected chi connectivity index (χ3v) is 3.93. The van der Waals surface area contributed by atoms with Gasteiger partial charge in [0.15, 0.2) is 0 Å². The molecule has 0 saturated heterocycles. The van der Waals surface area contributed by atoms with E-state index < -0.39 is 0 Å². The van der Waals surface area contributed by atoms with Gasteiger partial charge < -0.3 is 0 Å². The molecule has 0 aromatic heterocycles. The zero-order chi connectivity index (χ0) is 12.1. The molecule has 0 saturated carbocycles. The normalized spacial score (nSPS) is 10.5. The molecule has 0 aliphatic heterocycles. The van der Waals surface area contributed by atoms with Gasteiger partial charge in [-0.25, -0.2) is 0 Å². The summed E-state index contributed by atoms with van der Waals surface area (Å²) in [5.41, 5.74) is 2.55. The zero-order valence-corrected chi connectivity index (χ0v) is 11.4. The molecule has 0 atom stereocenters. The van der Waals surface area contributed by atoms with Crippen molar-refractivity contribution in [3.8, 4) is 0 Å². The van der Waals surface area contributed by atoms with Crippen molar-refractivity contribution in [1.82, 2.24) is 0 Å². The Balaban J connectivity index is 2.13. The summed E-state index contributed by atoms with van der Waals surface area (Å²) >= 11 is 7.57. The predicted octanol–water partition coefficient (Wildman–Crippen LogP) is 5.14. The number of hydrogen-bond donors (Lipinski definition) is 0. The highest BCUT2D eigenvalue weighted by atomic mass is 35.5. The minimum atomic E-state index is 0.580. The standard InChI is InChI=1S/C15H15ClS/c1-2-12-4-3-5-15(10-12)17-14-8-6-13(11-16)7-9-14/h3-10H,2,11H2,1H3. The lowest BCUT2D eigenvalue weighted by Gasteiger charge is -2.04. The van der Waals surface area contributed by atoms with E-state index in [0.29, 0.717) is 5.88 Å². The summed E-state index contributed by atoms with van der Waals surface area (Å²) in [5, 5.41) is 0. The van der Waals surface area contributed by atoms with Crippen molar-refractivity contribution < 1.29 is 0 Å². The average molecular weight is 263 g/mol. The number of alkyl halides is 1. The van der Waals surface area contributed by atoms with Gasteiger partial charge in [-0.3, -0.25) is 0 Å². The highest BCUT2D eigenvalue weighted by molar-refractivity contribution is 7.99. The van der Waals surface area contributed by atoms with Crippen molar-refractivity contribution in [2.75, 3.05) is 0 Å². The van der Waals surface area contributed by atoms with Crippen molar-refractivity contribution in [1.29, 1.82) is 0 Å². The molecule has 0 heterocycles. The minimum absolute atomic E-state index is 0.580. The first-order valence-electron chi connectivity index (χ1n) is 5.73. The lowest BCUT2D eigenvalue weighted by Crippen LogP contribution is -1.81. The fourth-order valence-corrected chi connectivity index (χ4v) is 2.69. The SMILES string of the molecule is CCc1cccc(Sc2ccc(CCl)cc2)c1. The highest BCUT2D eigenvalue weighted by Crippen LogP contribution is 2.28. The predicted molar refractivity (Wildman–Crippen MR) is 75.9 cm³/mol. The van der Waals surface area contributed by atoms with Gasteiger partial charge in [0.2, 0.25) is 0 Å². The number of hydrogen-bond acceptors (Lipinski definition) is 1. The van der Waals surface area contributed by atoms with Gasteiger partial charge in [-0.1, -0.05) is 43.0 Å². The number of halogens is 1. The van der Waals surface area contributed by atoms with E-state index in [0.717, 1.165) is 6.42 Å². The number of rotatable bonds is 4. The van der Waals surface area contributed by atoms with E-state index in [-0.39, 0.29) is 0 Å². The highest BCUT2D eigenvalue weighted by Gasteiger charge is 1.98. The molecular formula is C15H15ClS. The van der Waals surface area contributed by atoms with Crippen LogP contribution in [-0.2, 0) is 12.3 Å². The second-order valence-corrected chi connectivity index (χ2v) is 5.29. The lowest BCUT2D eigenvalue weighted by atomic mass is 10.2. The molecule has 0 bridgehead atoms. The molecular weight excluding hydrogens is 248 g/mol. The molecule has 0 spiro atoms. The van der Waals surface area contributed by atoms with Crippen LogP contribution >= 0.6 is 23.4 Å². The van der Waals surface area contributed by atoms with Crippen LogP contribution in [0, 0.1) is 0 Å². The number of benzene rings is 2. The maximum atomic E-state index is 5.77. The lowest BCUT2D eigenvalue weighted by molar-refractivity contribution is 1.12. The van der Waals surface area contributed by atoms with Crippen LogP contribution in [0.2, 0.25) is 0 Å². The largest absolute Gasteiger partial charge is 0.122 e. The second-order valence-electron chi connectivity index (χ2n) is 3.88. The average Bonchev–Trinajstić information content (AvgIpc) is 2.40. The Bertz CT molecular complexity index is 477. The van der Waals surface area contributed by atoms with E-state index in [4.69, 9.17) is 11.6 Å². The fraction of sp³-hybridized carbons (Fsp3) is 0.200. The van der Waals surface area contributed by atoms with Crippen LogP contribution in [-0.4, -0.2) is 0 Å². The summed E-state index contributed by atoms with van der Waals surface area (Å²) in [7, 11) is 0. The van der Waals surface area contributed by atoms with E-state index in [2.05, 4.69) is 55.5 Å². The molecule has 0 fully saturated rings. The van der Waals surface area contributed by atoms with Gasteiger partial charge in [0, 0.05) is 15.7 Å². The van der Waals surface area contributed by atoms with E-state index in [9.17, 15) is 0 Å². The first-order valence-corrected chi connectivity index (χ1v) is 7.08. The van der Waals surface area contributed by atoms with Crippen molar-refractivity contribution in [3.63, 3.8) is 0 Å². The molecule has 0 nitrogen and oxygen atoms in total. The summed E-state index contributed by atoms with van der Waals surface area (Å²) in [6.07, 6.45) is 1.08. The Morgan fingerprint density at radius 3 is 2.35 bits per heavy atom. The summed E-state index contributed by atoms with van der Waals surface area (Å²) in [4.78, 5) is 2.55. The van der Waals surface area contributed by atoms with Gasteiger partial charge in [-0.2, -0.15) is 0 Å². The molecule has 0 radical (unpaired) electrons. The summed E-state index contributed by atoms with van der Waals surface area (Å²) < 4.78 is 0. The van der Waals surface area contributed by atoms with Gasteiger partial charge >= 0.3 is 0 Å². The molecule has 88 valence electrons. The molecule has 0 aliphatic carbocycles. The van der Waals surface area contributed by atoms with Crippen LogP contribution in [0.5, 0.6) is 0 Å². The smallest absolute Gasteiger partial charge is 0.0474 e. The van der Waals surface area contributed by atoms with Crippen molar-refractivity contribution in [2.24, 2.45) is 0 Å². The minimum Gasteiger partial charge on any atom is -0.122 e.